The van der Waals surface area contributed by atoms with E-state index in [4.69, 9.17) is 9.47 Å². The number of ether oxygens (including phenoxy) is 2. The Morgan fingerprint density at radius 2 is 1.89 bits per heavy atom. The minimum atomic E-state index is -0.260. The molecule has 0 aliphatic heterocycles. The minimum Gasteiger partial charge on any atom is -0.496 e. The van der Waals surface area contributed by atoms with Gasteiger partial charge in [-0.05, 0) is 45.4 Å². The molecule has 3 heteroatoms. The van der Waals surface area contributed by atoms with Crippen LogP contribution in [0, 0.1) is 13.8 Å². The predicted molar refractivity (Wildman–Crippen MR) is 80.0 cm³/mol. The highest BCUT2D eigenvalue weighted by atomic mass is 16.5. The average molecular weight is 265 g/mol. The summed E-state index contributed by atoms with van der Waals surface area (Å²) in [6.07, 6.45) is 0.922. The zero-order valence-electron chi connectivity index (χ0n) is 13.3. The summed E-state index contributed by atoms with van der Waals surface area (Å²) in [5.74, 6) is 0.955. The minimum absolute atomic E-state index is 0.0942. The Bertz CT molecular complexity index is 425. The summed E-state index contributed by atoms with van der Waals surface area (Å²) < 4.78 is 11.4. The summed E-state index contributed by atoms with van der Waals surface area (Å²) in [5, 5.41) is 3.38. The molecule has 0 amide bonds. The van der Waals surface area contributed by atoms with E-state index in [-0.39, 0.29) is 11.6 Å². The summed E-state index contributed by atoms with van der Waals surface area (Å²) in [4.78, 5) is 0. The number of aryl methyl sites for hydroxylation is 1. The first-order chi connectivity index (χ1) is 8.95. The fourth-order valence-corrected chi connectivity index (χ4v) is 2.57. The molecule has 1 rings (SSSR count). The van der Waals surface area contributed by atoms with Crippen LogP contribution in [0.2, 0.25) is 0 Å². The Morgan fingerprint density at radius 3 is 2.32 bits per heavy atom. The highest BCUT2D eigenvalue weighted by Gasteiger charge is 2.34. The molecular formula is C16H27NO2. The molecule has 1 N–H and O–H groups in total. The highest BCUT2D eigenvalue weighted by molar-refractivity contribution is 5.47. The monoisotopic (exact) mass is 265 g/mol. The molecule has 0 fully saturated rings. The maximum atomic E-state index is 5.75. The van der Waals surface area contributed by atoms with Gasteiger partial charge in [0.1, 0.15) is 5.75 Å². The van der Waals surface area contributed by atoms with Crippen molar-refractivity contribution in [2.24, 2.45) is 0 Å². The third-order valence-corrected chi connectivity index (χ3v) is 4.29. The van der Waals surface area contributed by atoms with Crippen molar-refractivity contribution >= 4 is 0 Å². The molecule has 0 aromatic heterocycles. The molecule has 2 unspecified atom stereocenters. The van der Waals surface area contributed by atoms with E-state index in [0.29, 0.717) is 0 Å². The van der Waals surface area contributed by atoms with Crippen LogP contribution >= 0.6 is 0 Å². The van der Waals surface area contributed by atoms with Crippen LogP contribution in [0.3, 0.4) is 0 Å². The van der Waals surface area contributed by atoms with Crippen LogP contribution in [0.15, 0.2) is 12.1 Å². The van der Waals surface area contributed by atoms with Crippen molar-refractivity contribution in [3.63, 3.8) is 0 Å². The lowest BCUT2D eigenvalue weighted by Crippen LogP contribution is -2.41. The van der Waals surface area contributed by atoms with E-state index in [9.17, 15) is 0 Å². The lowest BCUT2D eigenvalue weighted by Gasteiger charge is -2.37. The summed E-state index contributed by atoms with van der Waals surface area (Å²) in [5.41, 5.74) is 3.32. The van der Waals surface area contributed by atoms with Crippen molar-refractivity contribution in [3.8, 4) is 5.75 Å². The zero-order chi connectivity index (χ0) is 14.6. The zero-order valence-corrected chi connectivity index (χ0v) is 13.3. The first-order valence-corrected chi connectivity index (χ1v) is 6.81. The number of likely N-dealkylation sites (N-methyl/N-ethyl adjacent to an activating group) is 1. The molecule has 2 atom stereocenters. The highest BCUT2D eigenvalue weighted by Crippen LogP contribution is 2.38. The van der Waals surface area contributed by atoms with Crippen LogP contribution in [-0.4, -0.2) is 26.9 Å². The molecule has 0 saturated carbocycles. The van der Waals surface area contributed by atoms with Crippen LogP contribution in [0.5, 0.6) is 5.75 Å². The molecule has 0 bridgehead atoms. The number of hydrogen-bond donors (Lipinski definition) is 1. The predicted octanol–water partition coefficient (Wildman–Crippen LogP) is 3.39. The second-order valence-corrected chi connectivity index (χ2v) is 5.22. The van der Waals surface area contributed by atoms with Gasteiger partial charge in [-0.15, -0.1) is 0 Å². The summed E-state index contributed by atoms with van der Waals surface area (Å²) in [7, 11) is 5.46. The molecule has 1 aromatic carbocycles. The second-order valence-electron chi connectivity index (χ2n) is 5.22. The molecule has 0 spiro atoms. The normalized spacial score (nSPS) is 15.9. The van der Waals surface area contributed by atoms with Gasteiger partial charge in [0, 0.05) is 12.7 Å². The molecule has 0 aliphatic carbocycles. The van der Waals surface area contributed by atoms with Gasteiger partial charge in [0.2, 0.25) is 0 Å². The Balaban J connectivity index is 3.37. The Kier molecular flexibility index (Phi) is 5.39. The SMILES string of the molecule is CCC(C)(OC)C(NC)c1ccc(C)c(C)c1OC. The number of benzene rings is 1. The van der Waals surface area contributed by atoms with E-state index >= 15 is 0 Å². The number of nitrogens with one attached hydrogen (secondary N) is 1. The van der Waals surface area contributed by atoms with E-state index in [1.54, 1.807) is 14.2 Å². The van der Waals surface area contributed by atoms with E-state index in [1.165, 1.54) is 11.1 Å². The summed E-state index contributed by atoms with van der Waals surface area (Å²) in [6, 6.07) is 4.37. The quantitative estimate of drug-likeness (QED) is 0.855. The van der Waals surface area contributed by atoms with E-state index in [2.05, 4.69) is 45.1 Å². The van der Waals surface area contributed by atoms with Crippen LogP contribution in [0.1, 0.15) is 43.0 Å². The summed E-state index contributed by atoms with van der Waals surface area (Å²) >= 11 is 0. The third-order valence-electron chi connectivity index (χ3n) is 4.29. The standard InChI is InChI=1S/C16H27NO2/c1-8-16(4,19-7)15(17-5)13-10-9-11(2)12(3)14(13)18-6/h9-10,15,17H,8H2,1-7H3. The van der Waals surface area contributed by atoms with Gasteiger partial charge in [-0.2, -0.15) is 0 Å². The van der Waals surface area contributed by atoms with Crippen LogP contribution < -0.4 is 10.1 Å². The first kappa shape index (κ1) is 16.0. The van der Waals surface area contributed by atoms with E-state index in [0.717, 1.165) is 17.7 Å². The van der Waals surface area contributed by atoms with Crippen molar-refractivity contribution < 1.29 is 9.47 Å². The van der Waals surface area contributed by atoms with Gasteiger partial charge in [0.25, 0.3) is 0 Å². The maximum Gasteiger partial charge on any atom is 0.126 e. The fourth-order valence-electron chi connectivity index (χ4n) is 2.57. The molecule has 0 radical (unpaired) electrons. The van der Waals surface area contributed by atoms with Crippen LogP contribution in [-0.2, 0) is 4.74 Å². The molecule has 0 heterocycles. The lowest BCUT2D eigenvalue weighted by atomic mass is 9.86. The van der Waals surface area contributed by atoms with Gasteiger partial charge >= 0.3 is 0 Å². The fraction of sp³-hybridized carbons (Fsp3) is 0.625. The Morgan fingerprint density at radius 1 is 1.26 bits per heavy atom. The molecular weight excluding hydrogens is 238 g/mol. The van der Waals surface area contributed by atoms with Crippen molar-refractivity contribution in [2.75, 3.05) is 21.3 Å². The molecule has 0 saturated heterocycles. The second kappa shape index (κ2) is 6.40. The Labute approximate surface area is 117 Å². The largest absolute Gasteiger partial charge is 0.496 e. The van der Waals surface area contributed by atoms with Gasteiger partial charge < -0.3 is 14.8 Å². The average Bonchev–Trinajstić information content (AvgIpc) is 2.43. The van der Waals surface area contributed by atoms with Gasteiger partial charge in [-0.1, -0.05) is 19.1 Å². The van der Waals surface area contributed by atoms with Crippen LogP contribution in [0.4, 0.5) is 0 Å². The molecule has 19 heavy (non-hydrogen) atoms. The number of hydrogen-bond acceptors (Lipinski definition) is 3. The Hall–Kier alpha value is -1.06. The van der Waals surface area contributed by atoms with Crippen molar-refractivity contribution in [1.82, 2.24) is 5.32 Å². The van der Waals surface area contributed by atoms with E-state index < -0.39 is 0 Å². The third kappa shape index (κ3) is 2.93. The van der Waals surface area contributed by atoms with Crippen LogP contribution in [0.25, 0.3) is 0 Å². The van der Waals surface area contributed by atoms with Gasteiger partial charge in [-0.25, -0.2) is 0 Å². The number of methoxy groups -OCH3 is 2. The topological polar surface area (TPSA) is 30.5 Å². The first-order valence-electron chi connectivity index (χ1n) is 6.81. The maximum absolute atomic E-state index is 5.75. The number of rotatable bonds is 6. The lowest BCUT2D eigenvalue weighted by molar-refractivity contribution is -0.0285. The molecule has 108 valence electrons. The van der Waals surface area contributed by atoms with Gasteiger partial charge in [0.15, 0.2) is 0 Å². The van der Waals surface area contributed by atoms with E-state index in [1.807, 2.05) is 7.05 Å². The smallest absolute Gasteiger partial charge is 0.126 e. The van der Waals surface area contributed by atoms with Gasteiger partial charge in [-0.3, -0.25) is 0 Å². The molecule has 1 aromatic rings. The summed E-state index contributed by atoms with van der Waals surface area (Å²) in [6.45, 7) is 8.47. The van der Waals surface area contributed by atoms with Crippen molar-refractivity contribution in [3.05, 3.63) is 28.8 Å². The molecule has 0 aliphatic rings. The molecule has 3 nitrogen and oxygen atoms in total. The van der Waals surface area contributed by atoms with Gasteiger partial charge in [0.05, 0.1) is 18.8 Å². The van der Waals surface area contributed by atoms with Crippen molar-refractivity contribution in [1.29, 1.82) is 0 Å². The van der Waals surface area contributed by atoms with Crippen molar-refractivity contribution in [2.45, 2.75) is 45.8 Å².